The number of methoxy groups -OCH3 is 1. The molecule has 1 aromatic carbocycles. The van der Waals surface area contributed by atoms with Crippen LogP contribution in [0, 0.1) is 11.8 Å². The highest BCUT2D eigenvalue weighted by Crippen LogP contribution is 2.31. The number of aromatic nitrogens is 2. The average Bonchev–Trinajstić information content (AvgIpc) is 3.71. The van der Waals surface area contributed by atoms with E-state index in [0.717, 1.165) is 24.9 Å². The van der Waals surface area contributed by atoms with Crippen molar-refractivity contribution in [1.29, 1.82) is 0 Å². The van der Waals surface area contributed by atoms with Crippen LogP contribution in [0.25, 0.3) is 0 Å². The number of fused-ring (bicyclic) bond motifs is 1. The topological polar surface area (TPSA) is 96.9 Å². The molecule has 4 rings (SSSR count). The summed E-state index contributed by atoms with van der Waals surface area (Å²) in [7, 11) is 3.46. The highest BCUT2D eigenvalue weighted by molar-refractivity contribution is 6.00. The van der Waals surface area contributed by atoms with E-state index in [4.69, 9.17) is 9.47 Å². The van der Waals surface area contributed by atoms with E-state index in [9.17, 15) is 9.59 Å². The smallest absolute Gasteiger partial charge is 0.257 e. The molecule has 188 valence electrons. The number of hydrogen-bond donors (Lipinski definition) is 1. The zero-order chi connectivity index (χ0) is 24.9. The van der Waals surface area contributed by atoms with E-state index in [1.54, 1.807) is 37.3 Å². The summed E-state index contributed by atoms with van der Waals surface area (Å²) in [5, 5.41) is 2.94. The minimum absolute atomic E-state index is 0.00209. The van der Waals surface area contributed by atoms with Gasteiger partial charge in [-0.15, -0.1) is 0 Å². The van der Waals surface area contributed by atoms with Crippen molar-refractivity contribution in [1.82, 2.24) is 19.8 Å². The van der Waals surface area contributed by atoms with Crippen LogP contribution >= 0.6 is 0 Å². The van der Waals surface area contributed by atoms with E-state index in [0.29, 0.717) is 36.7 Å². The van der Waals surface area contributed by atoms with Gasteiger partial charge in [0.25, 0.3) is 5.91 Å². The molecule has 1 fully saturated rings. The van der Waals surface area contributed by atoms with Crippen LogP contribution in [-0.2, 0) is 16.1 Å². The number of hydrogen-bond acceptors (Lipinski definition) is 7. The Hall–Kier alpha value is -3.04. The first-order valence-electron chi connectivity index (χ1n) is 12.2. The molecule has 0 spiro atoms. The molecule has 1 saturated carbocycles. The van der Waals surface area contributed by atoms with Crippen molar-refractivity contribution < 1.29 is 19.1 Å². The van der Waals surface area contributed by atoms with Gasteiger partial charge in [-0.3, -0.25) is 14.5 Å². The van der Waals surface area contributed by atoms with E-state index >= 15 is 0 Å². The van der Waals surface area contributed by atoms with Crippen LogP contribution in [0.1, 0.15) is 42.6 Å². The molecule has 2 aromatic rings. The first-order chi connectivity index (χ1) is 16.9. The summed E-state index contributed by atoms with van der Waals surface area (Å²) in [5.74, 6) is 0.580. The Morgan fingerprint density at radius 2 is 1.94 bits per heavy atom. The molecule has 1 aromatic heterocycles. The van der Waals surface area contributed by atoms with E-state index in [1.807, 2.05) is 12.4 Å². The maximum Gasteiger partial charge on any atom is 0.257 e. The fourth-order valence-corrected chi connectivity index (χ4v) is 4.39. The van der Waals surface area contributed by atoms with Gasteiger partial charge in [-0.1, -0.05) is 6.92 Å². The summed E-state index contributed by atoms with van der Waals surface area (Å²) in [6.07, 6.45) is 6.87. The summed E-state index contributed by atoms with van der Waals surface area (Å²) < 4.78 is 12.0. The number of carbonyl (C=O) groups excluding carboxylic acids is 2. The Bertz CT molecular complexity index is 1030. The van der Waals surface area contributed by atoms with Crippen molar-refractivity contribution in [2.75, 3.05) is 39.2 Å². The highest BCUT2D eigenvalue weighted by atomic mass is 16.5. The number of nitrogens with one attached hydrogen (secondary N) is 1. The molecule has 3 atom stereocenters. The zero-order valence-corrected chi connectivity index (χ0v) is 20.9. The molecule has 2 amide bonds. The second-order valence-corrected chi connectivity index (χ2v) is 9.75. The van der Waals surface area contributed by atoms with E-state index in [2.05, 4.69) is 34.0 Å². The normalized spacial score (nSPS) is 24.1. The van der Waals surface area contributed by atoms with Crippen LogP contribution < -0.4 is 10.1 Å². The lowest BCUT2D eigenvalue weighted by atomic mass is 10.0. The Morgan fingerprint density at radius 3 is 2.63 bits per heavy atom. The molecule has 0 radical (unpaired) electrons. The van der Waals surface area contributed by atoms with E-state index in [1.165, 1.54) is 6.33 Å². The molecular formula is C26H35N5O4. The van der Waals surface area contributed by atoms with Crippen LogP contribution in [0.3, 0.4) is 0 Å². The van der Waals surface area contributed by atoms with Crippen molar-refractivity contribution in [3.63, 3.8) is 0 Å². The highest BCUT2D eigenvalue weighted by Gasteiger charge is 2.31. The summed E-state index contributed by atoms with van der Waals surface area (Å²) in [5.41, 5.74) is 2.06. The summed E-state index contributed by atoms with van der Waals surface area (Å²) >= 11 is 0. The van der Waals surface area contributed by atoms with E-state index in [-0.39, 0.29) is 35.8 Å². The molecule has 1 aliphatic carbocycles. The number of nitrogens with zero attached hydrogens (tertiary/aromatic N) is 4. The lowest BCUT2D eigenvalue weighted by molar-refractivity contribution is -0.117. The SMILES string of the molecule is CO[C@H]1CN(C)C(=O)c2cc(NC(=O)C3CC3)ccc2OC[C@@H](C)N(Cc2cncnc2)C[C@H]1C. The molecule has 35 heavy (non-hydrogen) atoms. The van der Waals surface area contributed by atoms with Crippen LogP contribution in [0.15, 0.2) is 36.9 Å². The van der Waals surface area contributed by atoms with Crippen LogP contribution in [0.5, 0.6) is 5.75 Å². The molecular weight excluding hydrogens is 446 g/mol. The van der Waals surface area contributed by atoms with Gasteiger partial charge in [0.1, 0.15) is 18.7 Å². The Morgan fingerprint density at radius 1 is 1.20 bits per heavy atom. The van der Waals surface area contributed by atoms with Gasteiger partial charge in [0.15, 0.2) is 0 Å². The lowest BCUT2D eigenvalue weighted by Gasteiger charge is -2.36. The first-order valence-corrected chi connectivity index (χ1v) is 12.2. The Balaban J connectivity index is 1.61. The largest absolute Gasteiger partial charge is 0.491 e. The molecule has 9 heteroatoms. The number of rotatable bonds is 5. The second kappa shape index (κ2) is 11.1. The van der Waals surface area contributed by atoms with Gasteiger partial charge in [0.05, 0.1) is 11.7 Å². The molecule has 1 aliphatic heterocycles. The number of ether oxygens (including phenoxy) is 2. The fraction of sp³-hybridized carbons (Fsp3) is 0.538. The van der Waals surface area contributed by atoms with Gasteiger partial charge in [0.2, 0.25) is 5.91 Å². The Labute approximate surface area is 206 Å². The maximum absolute atomic E-state index is 13.4. The number of amides is 2. The zero-order valence-electron chi connectivity index (χ0n) is 20.9. The lowest BCUT2D eigenvalue weighted by Crippen LogP contribution is -2.46. The molecule has 9 nitrogen and oxygen atoms in total. The van der Waals surface area contributed by atoms with Crippen LogP contribution in [0.4, 0.5) is 5.69 Å². The fourth-order valence-electron chi connectivity index (χ4n) is 4.39. The van der Waals surface area contributed by atoms with Gasteiger partial charge in [-0.05, 0) is 43.9 Å². The number of likely N-dealkylation sites (N-methyl/N-ethyl adjacent to an activating group) is 1. The van der Waals surface area contributed by atoms with E-state index < -0.39 is 0 Å². The van der Waals surface area contributed by atoms with Gasteiger partial charge in [-0.25, -0.2) is 9.97 Å². The summed E-state index contributed by atoms with van der Waals surface area (Å²) in [6.45, 7) is 6.53. The third-order valence-corrected chi connectivity index (χ3v) is 6.79. The molecule has 0 unspecified atom stereocenters. The van der Waals surface area contributed by atoms with Gasteiger partial charge >= 0.3 is 0 Å². The minimum atomic E-state index is -0.164. The monoisotopic (exact) mass is 481 g/mol. The minimum Gasteiger partial charge on any atom is -0.491 e. The van der Waals surface area contributed by atoms with Crippen molar-refractivity contribution in [3.05, 3.63) is 48.0 Å². The van der Waals surface area contributed by atoms with Crippen LogP contribution in [-0.4, -0.2) is 77.6 Å². The average molecular weight is 482 g/mol. The molecule has 2 aliphatic rings. The number of benzene rings is 1. The third kappa shape index (κ3) is 6.35. The first kappa shape index (κ1) is 25.1. The van der Waals surface area contributed by atoms with Crippen molar-refractivity contribution in [3.8, 4) is 5.75 Å². The maximum atomic E-state index is 13.4. The summed E-state index contributed by atoms with van der Waals surface area (Å²) in [6, 6.07) is 5.34. The number of carbonyl (C=O) groups is 2. The Kier molecular flexibility index (Phi) is 7.97. The molecule has 2 heterocycles. The predicted molar refractivity (Wildman–Crippen MR) is 132 cm³/mol. The molecule has 0 saturated heterocycles. The van der Waals surface area contributed by atoms with Gasteiger partial charge in [0, 0.05) is 69.4 Å². The van der Waals surface area contributed by atoms with Crippen LogP contribution in [0.2, 0.25) is 0 Å². The van der Waals surface area contributed by atoms with Crippen molar-refractivity contribution >= 4 is 17.5 Å². The standard InChI is InChI=1S/C26H35N5O4/c1-17-12-31(13-19-10-27-16-28-11-19)18(2)15-35-23-8-7-21(29-25(32)20-5-6-20)9-22(23)26(33)30(3)14-24(17)34-4/h7-11,16-18,20,24H,5-6,12-15H2,1-4H3,(H,29,32)/t17-,18-,24+/m1/s1. The van der Waals surface area contributed by atoms with Gasteiger partial charge < -0.3 is 19.7 Å². The summed E-state index contributed by atoms with van der Waals surface area (Å²) in [4.78, 5) is 38.0. The third-order valence-electron chi connectivity index (χ3n) is 6.79. The molecule has 1 N–H and O–H groups in total. The predicted octanol–water partition coefficient (Wildman–Crippen LogP) is 2.83. The quantitative estimate of drug-likeness (QED) is 0.701. The second-order valence-electron chi connectivity index (χ2n) is 9.75. The van der Waals surface area contributed by atoms with Crippen molar-refractivity contribution in [2.45, 2.75) is 45.4 Å². The van der Waals surface area contributed by atoms with Crippen molar-refractivity contribution in [2.24, 2.45) is 11.8 Å². The number of anilines is 1. The molecule has 0 bridgehead atoms. The van der Waals surface area contributed by atoms with Gasteiger partial charge in [-0.2, -0.15) is 0 Å².